The second-order valence-electron chi connectivity index (χ2n) is 11.8. The summed E-state index contributed by atoms with van der Waals surface area (Å²) in [6.45, 7) is 10.7. The van der Waals surface area contributed by atoms with Crippen LogP contribution in [0, 0.1) is 5.92 Å². The van der Waals surface area contributed by atoms with E-state index < -0.39 is 0 Å². The quantitative estimate of drug-likeness (QED) is 0.159. The third-order valence-electron chi connectivity index (χ3n) is 7.84. The molecule has 2 aromatic carbocycles. The second-order valence-corrected chi connectivity index (χ2v) is 11.8. The molecule has 0 spiro atoms. The summed E-state index contributed by atoms with van der Waals surface area (Å²) in [5.74, 6) is 3.01. The molecule has 2 aliphatic rings. The van der Waals surface area contributed by atoms with E-state index in [2.05, 4.69) is 105 Å². The number of carbonyl (C=O) groups excluding carboxylic acids is 1. The number of carbonyl (C=O) groups is 1. The Balaban J connectivity index is 0.000000573. The number of nitrogens with two attached hydrogens (primary N) is 1. The first kappa shape index (κ1) is 31.0. The molecule has 4 aromatic rings. The molecule has 1 unspecified atom stereocenters. The lowest BCUT2D eigenvalue weighted by Crippen LogP contribution is -2.31. The van der Waals surface area contributed by atoms with Gasteiger partial charge in [0.2, 0.25) is 5.91 Å². The summed E-state index contributed by atoms with van der Waals surface area (Å²) in [4.78, 5) is 34.6. The Bertz CT molecular complexity index is 1520. The first-order valence-corrected chi connectivity index (χ1v) is 15.7. The molecule has 232 valence electrons. The molecule has 6 rings (SSSR count). The zero-order chi connectivity index (χ0) is 30.9. The van der Waals surface area contributed by atoms with Gasteiger partial charge in [0.05, 0.1) is 42.9 Å². The third-order valence-corrected chi connectivity index (χ3v) is 7.84. The maximum atomic E-state index is 12.7. The first-order valence-electron chi connectivity index (χ1n) is 15.7. The molecule has 0 radical (unpaired) electrons. The van der Waals surface area contributed by atoms with Crippen molar-refractivity contribution < 1.29 is 4.79 Å². The number of nitrogens with zero attached hydrogens (tertiary/aromatic N) is 4. The fraction of sp³-hybridized carbons (Fsp3) is 0.412. The Morgan fingerprint density at radius 1 is 0.977 bits per heavy atom. The Morgan fingerprint density at radius 2 is 1.61 bits per heavy atom. The van der Waals surface area contributed by atoms with E-state index in [9.17, 15) is 4.79 Å². The Hall–Kier alpha value is -4.44. The van der Waals surface area contributed by atoms with Gasteiger partial charge in [-0.1, -0.05) is 69.3 Å². The number of hydrogen-bond donors (Lipinski definition) is 5. The van der Waals surface area contributed by atoms with Crippen molar-refractivity contribution in [3.8, 4) is 33.6 Å². The molecular weight excluding hydrogens is 550 g/mol. The number of aromatic nitrogens is 4. The number of nitrogens with one attached hydrogen (secondary N) is 4. The monoisotopic (exact) mass is 595 g/mol. The molecule has 1 fully saturated rings. The van der Waals surface area contributed by atoms with E-state index in [1.165, 1.54) is 5.56 Å². The van der Waals surface area contributed by atoms with Crippen molar-refractivity contribution in [2.24, 2.45) is 16.6 Å². The molecule has 4 heterocycles. The summed E-state index contributed by atoms with van der Waals surface area (Å²) in [5, 5.41) is 6.22. The van der Waals surface area contributed by atoms with E-state index in [4.69, 9.17) is 5.73 Å². The normalized spacial score (nSPS) is 16.0. The Kier molecular flexibility index (Phi) is 10.5. The van der Waals surface area contributed by atoms with Crippen molar-refractivity contribution in [1.29, 1.82) is 0 Å². The molecule has 2 aromatic heterocycles. The minimum Gasteiger partial charge on any atom is -0.370 e. The van der Waals surface area contributed by atoms with Gasteiger partial charge in [0, 0.05) is 19.5 Å². The van der Waals surface area contributed by atoms with E-state index in [1.54, 1.807) is 0 Å². The predicted octanol–water partition coefficient (Wildman–Crippen LogP) is 5.25. The minimum absolute atomic E-state index is 0.0475. The molecule has 0 bridgehead atoms. The zero-order valence-electron chi connectivity index (χ0n) is 26.1. The van der Waals surface area contributed by atoms with Gasteiger partial charge in [-0.2, -0.15) is 0 Å². The minimum atomic E-state index is 0.0475. The number of hydrogen-bond acceptors (Lipinski definition) is 7. The lowest BCUT2D eigenvalue weighted by molar-refractivity contribution is -0.133. The van der Waals surface area contributed by atoms with Crippen molar-refractivity contribution in [1.82, 2.24) is 35.5 Å². The van der Waals surface area contributed by atoms with Gasteiger partial charge in [0.15, 0.2) is 5.96 Å². The van der Waals surface area contributed by atoms with Crippen LogP contribution in [0.3, 0.4) is 0 Å². The van der Waals surface area contributed by atoms with Crippen molar-refractivity contribution in [3.05, 3.63) is 72.6 Å². The van der Waals surface area contributed by atoms with Crippen LogP contribution in [-0.2, 0) is 11.3 Å². The standard InChI is InChI=1S/C31H38N6O.C3H7N3/c1-4-15-32-20-29-33-18-26(35-29)24-11-7-22(8-12-24)23-9-13-25(14-10-23)27-19-34-31(36-27)28-6-5-16-37(28)30(38)17-21(2)3;4-3-5-1-2-6-3/h7-14,18-19,21,28,32H,4-6,15-17,20H2,1-3H3,(H,33,35)(H,34,36);1-2H2,(H3,4,5,6). The molecular formula is C34H45N9O. The number of H-pyrrole nitrogens is 2. The molecule has 0 saturated carbocycles. The van der Waals surface area contributed by atoms with E-state index in [0.29, 0.717) is 18.3 Å². The molecule has 1 atom stereocenters. The van der Waals surface area contributed by atoms with Crippen LogP contribution in [0.25, 0.3) is 33.6 Å². The maximum Gasteiger partial charge on any atom is 0.223 e. The number of likely N-dealkylation sites (tertiary alicyclic amines) is 1. The maximum absolute atomic E-state index is 12.7. The fourth-order valence-corrected chi connectivity index (χ4v) is 5.55. The first-order chi connectivity index (χ1) is 21.4. The zero-order valence-corrected chi connectivity index (χ0v) is 26.1. The fourth-order valence-electron chi connectivity index (χ4n) is 5.55. The molecule has 1 amide bonds. The topological polar surface area (TPSA) is 140 Å². The van der Waals surface area contributed by atoms with Crippen molar-refractivity contribution in [2.75, 3.05) is 26.2 Å². The molecule has 6 N–H and O–H groups in total. The second kappa shape index (κ2) is 14.8. The SMILES string of the molecule is CCCNCc1ncc(-c2ccc(-c3ccc(-c4cnc(C5CCCN5C(=O)CC(C)C)[nH]4)cc3)cc2)[nH]1.NC1=NCCN1. The molecule has 1 saturated heterocycles. The number of rotatable bonds is 10. The summed E-state index contributed by atoms with van der Waals surface area (Å²) >= 11 is 0. The number of imidazole rings is 2. The third kappa shape index (κ3) is 7.93. The smallest absolute Gasteiger partial charge is 0.223 e. The molecule has 10 heteroatoms. The van der Waals surface area contributed by atoms with Gasteiger partial charge < -0.3 is 31.2 Å². The van der Waals surface area contributed by atoms with Crippen LogP contribution in [0.1, 0.15) is 64.1 Å². The van der Waals surface area contributed by atoms with Gasteiger partial charge in [-0.15, -0.1) is 0 Å². The van der Waals surface area contributed by atoms with E-state index in [1.807, 2.05) is 17.3 Å². The highest BCUT2D eigenvalue weighted by Gasteiger charge is 2.32. The molecule has 0 aliphatic carbocycles. The van der Waals surface area contributed by atoms with Gasteiger partial charge in [-0.25, -0.2) is 9.97 Å². The van der Waals surface area contributed by atoms with Gasteiger partial charge >= 0.3 is 0 Å². The van der Waals surface area contributed by atoms with E-state index in [0.717, 1.165) is 91.7 Å². The number of aromatic amines is 2. The van der Waals surface area contributed by atoms with Crippen LogP contribution in [0.5, 0.6) is 0 Å². The summed E-state index contributed by atoms with van der Waals surface area (Å²) < 4.78 is 0. The van der Waals surface area contributed by atoms with Crippen LogP contribution in [0.15, 0.2) is 65.9 Å². The summed E-state index contributed by atoms with van der Waals surface area (Å²) in [5.41, 5.74) is 11.7. The van der Waals surface area contributed by atoms with Crippen LogP contribution < -0.4 is 16.4 Å². The predicted molar refractivity (Wildman–Crippen MR) is 177 cm³/mol. The highest BCUT2D eigenvalue weighted by atomic mass is 16.2. The van der Waals surface area contributed by atoms with Crippen molar-refractivity contribution in [3.63, 3.8) is 0 Å². The van der Waals surface area contributed by atoms with Crippen molar-refractivity contribution in [2.45, 2.75) is 59.0 Å². The number of benzene rings is 2. The highest BCUT2D eigenvalue weighted by Crippen LogP contribution is 2.33. The molecule has 44 heavy (non-hydrogen) atoms. The van der Waals surface area contributed by atoms with Crippen LogP contribution in [0.2, 0.25) is 0 Å². The van der Waals surface area contributed by atoms with E-state index >= 15 is 0 Å². The largest absolute Gasteiger partial charge is 0.370 e. The van der Waals surface area contributed by atoms with Gasteiger partial charge in [0.1, 0.15) is 11.6 Å². The van der Waals surface area contributed by atoms with Crippen LogP contribution in [-0.4, -0.2) is 62.9 Å². The number of amides is 1. The highest BCUT2D eigenvalue weighted by molar-refractivity contribution is 5.79. The Labute approximate surface area is 260 Å². The van der Waals surface area contributed by atoms with E-state index in [-0.39, 0.29) is 11.9 Å². The number of guanidine groups is 1. The summed E-state index contributed by atoms with van der Waals surface area (Å²) in [7, 11) is 0. The lowest BCUT2D eigenvalue weighted by Gasteiger charge is -2.24. The molecule has 10 nitrogen and oxygen atoms in total. The van der Waals surface area contributed by atoms with Crippen LogP contribution in [0.4, 0.5) is 0 Å². The Morgan fingerprint density at radius 3 is 2.18 bits per heavy atom. The molecule has 2 aliphatic heterocycles. The average Bonchev–Trinajstić information content (AvgIpc) is 3.85. The lowest BCUT2D eigenvalue weighted by atomic mass is 10.0. The summed E-state index contributed by atoms with van der Waals surface area (Å²) in [6, 6.07) is 17.2. The van der Waals surface area contributed by atoms with Crippen molar-refractivity contribution >= 4 is 11.9 Å². The average molecular weight is 596 g/mol. The van der Waals surface area contributed by atoms with Gasteiger partial charge in [0.25, 0.3) is 0 Å². The van der Waals surface area contributed by atoms with Crippen LogP contribution >= 0.6 is 0 Å². The van der Waals surface area contributed by atoms with Gasteiger partial charge in [-0.3, -0.25) is 9.79 Å². The summed E-state index contributed by atoms with van der Waals surface area (Å²) in [6.07, 6.45) is 7.47. The number of aliphatic imine (C=N–C) groups is 1. The van der Waals surface area contributed by atoms with Gasteiger partial charge in [-0.05, 0) is 54.0 Å².